The first kappa shape index (κ1) is 16.2. The van der Waals surface area contributed by atoms with E-state index in [9.17, 15) is 8.42 Å². The molecule has 2 heterocycles. The van der Waals surface area contributed by atoms with E-state index < -0.39 is 10.0 Å². The summed E-state index contributed by atoms with van der Waals surface area (Å²) >= 11 is 2.53. The van der Waals surface area contributed by atoms with E-state index in [4.69, 9.17) is 4.74 Å². The smallest absolute Gasteiger partial charge is 0.294 e. The number of ether oxygens (including phenoxy) is 1. The summed E-state index contributed by atoms with van der Waals surface area (Å²) in [5, 5.41) is 1.73. The van der Waals surface area contributed by atoms with Gasteiger partial charge in [-0.25, -0.2) is 0 Å². The highest BCUT2D eigenvalue weighted by atomic mass is 32.2. The normalized spacial score (nSPS) is 12.9. The van der Waals surface area contributed by atoms with Gasteiger partial charge in [0.15, 0.2) is 0 Å². The zero-order valence-corrected chi connectivity index (χ0v) is 15.2. The summed E-state index contributed by atoms with van der Waals surface area (Å²) in [5.41, 5.74) is 0.959. The monoisotopic (exact) mass is 368 g/mol. The van der Waals surface area contributed by atoms with Crippen LogP contribution in [-0.4, -0.2) is 19.6 Å². The average molecular weight is 369 g/mol. The first-order valence-corrected chi connectivity index (χ1v) is 10.3. The SMILES string of the molecule is CCOc1ccc2c(c1)sc(=NS(=O)(=O)c1cccs1)n2CC. The second kappa shape index (κ2) is 6.46. The Morgan fingerprint density at radius 2 is 2.09 bits per heavy atom. The van der Waals surface area contributed by atoms with Crippen molar-refractivity contribution in [2.75, 3.05) is 6.61 Å². The maximum Gasteiger partial charge on any atom is 0.294 e. The summed E-state index contributed by atoms with van der Waals surface area (Å²) in [7, 11) is -3.67. The zero-order valence-electron chi connectivity index (χ0n) is 12.7. The Hall–Kier alpha value is -1.64. The third-order valence-corrected chi connectivity index (χ3v) is 7.03. The second-order valence-corrected chi connectivity index (χ2v) is 8.48. The lowest BCUT2D eigenvalue weighted by Crippen LogP contribution is -2.15. The van der Waals surface area contributed by atoms with Gasteiger partial charge in [0.2, 0.25) is 4.80 Å². The van der Waals surface area contributed by atoms with Gasteiger partial charge in [0.25, 0.3) is 10.0 Å². The van der Waals surface area contributed by atoms with Crippen molar-refractivity contribution in [1.82, 2.24) is 4.57 Å². The molecule has 0 bridgehead atoms. The van der Waals surface area contributed by atoms with Crippen molar-refractivity contribution in [3.8, 4) is 5.75 Å². The molecule has 3 rings (SSSR count). The minimum absolute atomic E-state index is 0.257. The highest BCUT2D eigenvalue weighted by molar-refractivity contribution is 7.92. The molecule has 122 valence electrons. The summed E-state index contributed by atoms with van der Waals surface area (Å²) in [5.74, 6) is 0.775. The largest absolute Gasteiger partial charge is 0.494 e. The van der Waals surface area contributed by atoms with Crippen LogP contribution in [0.2, 0.25) is 0 Å². The van der Waals surface area contributed by atoms with E-state index in [-0.39, 0.29) is 4.21 Å². The summed E-state index contributed by atoms with van der Waals surface area (Å²) in [6.07, 6.45) is 0. The van der Waals surface area contributed by atoms with Gasteiger partial charge in [-0.3, -0.25) is 0 Å². The number of sulfonamides is 1. The Morgan fingerprint density at radius 3 is 2.74 bits per heavy atom. The summed E-state index contributed by atoms with van der Waals surface area (Å²) in [6.45, 7) is 5.14. The molecule has 0 amide bonds. The van der Waals surface area contributed by atoms with Gasteiger partial charge >= 0.3 is 0 Å². The fraction of sp³-hybridized carbons (Fsp3) is 0.267. The van der Waals surface area contributed by atoms with E-state index in [1.807, 2.05) is 36.6 Å². The Bertz CT molecular complexity index is 983. The van der Waals surface area contributed by atoms with Crippen LogP contribution in [0, 0.1) is 0 Å². The van der Waals surface area contributed by atoms with E-state index >= 15 is 0 Å². The molecule has 0 aliphatic carbocycles. The molecule has 8 heteroatoms. The van der Waals surface area contributed by atoms with Gasteiger partial charge in [-0.05, 0) is 43.5 Å². The van der Waals surface area contributed by atoms with E-state index in [2.05, 4.69) is 4.40 Å². The number of rotatable bonds is 5. The molecule has 0 aliphatic rings. The lowest BCUT2D eigenvalue weighted by Gasteiger charge is -2.03. The molecule has 3 aromatic rings. The van der Waals surface area contributed by atoms with E-state index in [1.54, 1.807) is 17.5 Å². The molecule has 0 saturated heterocycles. The Balaban J connectivity index is 2.19. The van der Waals surface area contributed by atoms with Crippen LogP contribution in [0.15, 0.2) is 44.3 Å². The predicted octanol–water partition coefficient (Wildman–Crippen LogP) is 3.47. The first-order valence-electron chi connectivity index (χ1n) is 7.16. The third-order valence-electron chi connectivity index (χ3n) is 3.23. The molecule has 0 unspecified atom stereocenters. The first-order chi connectivity index (χ1) is 11.0. The minimum Gasteiger partial charge on any atom is -0.494 e. The lowest BCUT2D eigenvalue weighted by atomic mass is 10.3. The molecular formula is C15H16N2O3S3. The van der Waals surface area contributed by atoms with Crippen molar-refractivity contribution in [3.05, 3.63) is 40.5 Å². The van der Waals surface area contributed by atoms with Crippen LogP contribution in [-0.2, 0) is 16.6 Å². The highest BCUT2D eigenvalue weighted by Crippen LogP contribution is 2.24. The molecule has 0 saturated carbocycles. The molecule has 5 nitrogen and oxygen atoms in total. The van der Waals surface area contributed by atoms with Crippen LogP contribution in [0.5, 0.6) is 5.75 Å². The van der Waals surface area contributed by atoms with E-state index in [1.165, 1.54) is 22.7 Å². The number of hydrogen-bond donors (Lipinski definition) is 0. The number of thiazole rings is 1. The Morgan fingerprint density at radius 1 is 1.26 bits per heavy atom. The molecule has 0 aliphatic heterocycles. The molecule has 0 N–H and O–H groups in total. The van der Waals surface area contributed by atoms with Crippen molar-refractivity contribution >= 4 is 42.9 Å². The van der Waals surface area contributed by atoms with Gasteiger partial charge < -0.3 is 9.30 Å². The van der Waals surface area contributed by atoms with Gasteiger partial charge in [-0.2, -0.15) is 8.42 Å². The second-order valence-electron chi connectivity index (χ2n) is 4.69. The van der Waals surface area contributed by atoms with Crippen LogP contribution < -0.4 is 9.54 Å². The van der Waals surface area contributed by atoms with Gasteiger partial charge in [-0.1, -0.05) is 17.4 Å². The van der Waals surface area contributed by atoms with Gasteiger partial charge in [0.1, 0.15) is 9.96 Å². The number of aromatic nitrogens is 1. The van der Waals surface area contributed by atoms with E-state index in [0.29, 0.717) is 18.0 Å². The van der Waals surface area contributed by atoms with Crippen LogP contribution in [0.25, 0.3) is 10.2 Å². The standard InChI is InChI=1S/C15H16N2O3S3/c1-3-17-12-8-7-11(20-4-2)10-13(12)22-15(17)16-23(18,19)14-6-5-9-21-14/h5-10H,3-4H2,1-2H3. The van der Waals surface area contributed by atoms with Crippen molar-refractivity contribution in [2.45, 2.75) is 24.6 Å². The Labute approximate surface area is 142 Å². The van der Waals surface area contributed by atoms with Crippen LogP contribution in [0.4, 0.5) is 0 Å². The van der Waals surface area contributed by atoms with Gasteiger partial charge in [0.05, 0.1) is 16.8 Å². The fourth-order valence-electron chi connectivity index (χ4n) is 2.24. The molecule has 23 heavy (non-hydrogen) atoms. The lowest BCUT2D eigenvalue weighted by molar-refractivity contribution is 0.341. The van der Waals surface area contributed by atoms with Crippen molar-refractivity contribution < 1.29 is 13.2 Å². The number of aryl methyl sites for hydroxylation is 1. The summed E-state index contributed by atoms with van der Waals surface area (Å²) in [6, 6.07) is 9.03. The molecule has 0 atom stereocenters. The topological polar surface area (TPSA) is 60.7 Å². The number of hydrogen-bond acceptors (Lipinski definition) is 5. The zero-order chi connectivity index (χ0) is 16.4. The maximum atomic E-state index is 12.4. The quantitative estimate of drug-likeness (QED) is 0.693. The van der Waals surface area contributed by atoms with E-state index in [0.717, 1.165) is 16.0 Å². The van der Waals surface area contributed by atoms with Crippen LogP contribution >= 0.6 is 22.7 Å². The predicted molar refractivity (Wildman–Crippen MR) is 93.7 cm³/mol. The van der Waals surface area contributed by atoms with Crippen molar-refractivity contribution in [2.24, 2.45) is 4.40 Å². The summed E-state index contributed by atoms with van der Waals surface area (Å²) in [4.78, 5) is 0.476. The highest BCUT2D eigenvalue weighted by Gasteiger charge is 2.15. The number of fused-ring (bicyclic) bond motifs is 1. The maximum absolute atomic E-state index is 12.4. The third kappa shape index (κ3) is 3.19. The molecular weight excluding hydrogens is 352 g/mol. The van der Waals surface area contributed by atoms with Crippen LogP contribution in [0.3, 0.4) is 0 Å². The number of nitrogens with zero attached hydrogens (tertiary/aromatic N) is 2. The van der Waals surface area contributed by atoms with Crippen molar-refractivity contribution in [1.29, 1.82) is 0 Å². The van der Waals surface area contributed by atoms with Gasteiger partial charge in [0, 0.05) is 6.54 Å². The fourth-order valence-corrected chi connectivity index (χ4v) is 5.54. The molecule has 0 spiro atoms. The molecule has 0 radical (unpaired) electrons. The molecule has 1 aromatic carbocycles. The Kier molecular flexibility index (Phi) is 4.56. The van der Waals surface area contributed by atoms with Gasteiger partial charge in [-0.15, -0.1) is 15.7 Å². The van der Waals surface area contributed by atoms with Crippen LogP contribution in [0.1, 0.15) is 13.8 Å². The minimum atomic E-state index is -3.67. The number of thiophene rings is 1. The molecule has 2 aromatic heterocycles. The average Bonchev–Trinajstić information content (AvgIpc) is 3.14. The number of benzene rings is 1. The van der Waals surface area contributed by atoms with Crippen molar-refractivity contribution in [3.63, 3.8) is 0 Å². The summed E-state index contributed by atoms with van der Waals surface area (Å²) < 4.78 is 37.4. The molecule has 0 fully saturated rings.